The van der Waals surface area contributed by atoms with Crippen molar-refractivity contribution in [2.24, 2.45) is 28.6 Å². The Hall–Kier alpha value is -0.640. The average Bonchev–Trinajstić information content (AvgIpc) is 2.73. The fraction of sp³-hybridized carbons (Fsp3) is 0.800. The van der Waals surface area contributed by atoms with Crippen LogP contribution < -0.4 is 0 Å². The normalized spacial score (nSPS) is 55.4. The summed E-state index contributed by atoms with van der Waals surface area (Å²) in [6.45, 7) is 6.65. The molecule has 0 aromatic heterocycles. The summed E-state index contributed by atoms with van der Waals surface area (Å²) >= 11 is 0. The van der Waals surface area contributed by atoms with Gasteiger partial charge in [-0.15, -0.1) is 0 Å². The SMILES string of the molecule is C[C@@H]1CC2C3=C(CC[C@]2(C)[C@H]1O)[C@@]1(C)C=C[C@H](O)C[C@@H]1C[C@@H]3O. The Kier molecular flexibility index (Phi) is 3.40. The van der Waals surface area contributed by atoms with Gasteiger partial charge in [0.25, 0.3) is 0 Å². The van der Waals surface area contributed by atoms with E-state index in [1.54, 1.807) is 0 Å². The van der Waals surface area contributed by atoms with Crippen molar-refractivity contribution >= 4 is 0 Å². The highest BCUT2D eigenvalue weighted by Crippen LogP contribution is 2.63. The summed E-state index contributed by atoms with van der Waals surface area (Å²) in [4.78, 5) is 0. The topological polar surface area (TPSA) is 60.7 Å². The van der Waals surface area contributed by atoms with Crippen LogP contribution in [0.2, 0.25) is 0 Å². The molecule has 0 aliphatic heterocycles. The van der Waals surface area contributed by atoms with Crippen LogP contribution in [0, 0.1) is 28.6 Å². The zero-order valence-electron chi connectivity index (χ0n) is 14.5. The standard InChI is InChI=1S/C20H30O3/c1-11-8-15-17-14(5-7-20(15,3)18(11)23)19(2)6-4-13(21)9-12(19)10-16(17)22/h4,6,11-13,15-16,18,21-23H,5,7-10H2,1-3H3/t11-,12-,13+,15?,16+,18+,19+,20+/m1/s1. The lowest BCUT2D eigenvalue weighted by molar-refractivity contribution is -0.00325. The Balaban J connectivity index is 1.83. The molecule has 0 heterocycles. The van der Waals surface area contributed by atoms with Gasteiger partial charge in [-0.25, -0.2) is 0 Å². The molecule has 1 unspecified atom stereocenters. The minimum atomic E-state index is -0.399. The molecule has 3 heteroatoms. The number of allylic oxidation sites excluding steroid dienone is 2. The van der Waals surface area contributed by atoms with Crippen LogP contribution in [-0.2, 0) is 0 Å². The summed E-state index contributed by atoms with van der Waals surface area (Å²) in [6, 6.07) is 0. The third-order valence-corrected chi connectivity index (χ3v) is 7.81. The Morgan fingerprint density at radius 2 is 1.83 bits per heavy atom. The van der Waals surface area contributed by atoms with E-state index in [0.29, 0.717) is 17.8 Å². The zero-order chi connectivity index (χ0) is 16.6. The molecule has 3 N–H and O–H groups in total. The minimum absolute atomic E-state index is 0.0219. The highest BCUT2D eigenvalue weighted by molar-refractivity contribution is 5.40. The van der Waals surface area contributed by atoms with Crippen LogP contribution >= 0.6 is 0 Å². The Morgan fingerprint density at radius 3 is 2.57 bits per heavy atom. The van der Waals surface area contributed by atoms with Crippen LogP contribution in [0.5, 0.6) is 0 Å². The van der Waals surface area contributed by atoms with Crippen LogP contribution in [0.3, 0.4) is 0 Å². The molecule has 0 aromatic carbocycles. The quantitative estimate of drug-likeness (QED) is 0.602. The molecular weight excluding hydrogens is 288 g/mol. The van der Waals surface area contributed by atoms with Gasteiger partial charge in [-0.2, -0.15) is 0 Å². The van der Waals surface area contributed by atoms with E-state index in [1.165, 1.54) is 11.1 Å². The Morgan fingerprint density at radius 1 is 1.09 bits per heavy atom. The van der Waals surface area contributed by atoms with Crippen molar-refractivity contribution in [1.82, 2.24) is 0 Å². The van der Waals surface area contributed by atoms with E-state index in [0.717, 1.165) is 32.1 Å². The summed E-state index contributed by atoms with van der Waals surface area (Å²) in [7, 11) is 0. The monoisotopic (exact) mass is 318 g/mol. The molecule has 1 saturated carbocycles. The highest BCUT2D eigenvalue weighted by atomic mass is 16.3. The van der Waals surface area contributed by atoms with E-state index in [9.17, 15) is 15.3 Å². The molecule has 0 aromatic rings. The number of fused-ring (bicyclic) bond motifs is 4. The number of hydrogen-bond donors (Lipinski definition) is 3. The maximum atomic E-state index is 10.9. The zero-order valence-corrected chi connectivity index (χ0v) is 14.5. The largest absolute Gasteiger partial charge is 0.392 e. The van der Waals surface area contributed by atoms with Crippen molar-refractivity contribution < 1.29 is 15.3 Å². The molecule has 0 amide bonds. The second-order valence-electron chi connectivity index (χ2n) is 9.04. The van der Waals surface area contributed by atoms with Crippen molar-refractivity contribution in [3.05, 3.63) is 23.3 Å². The average molecular weight is 318 g/mol. The smallest absolute Gasteiger partial charge is 0.0759 e. The summed E-state index contributed by atoms with van der Waals surface area (Å²) in [5.41, 5.74) is 2.54. The molecule has 0 spiro atoms. The van der Waals surface area contributed by atoms with Crippen molar-refractivity contribution in [3.8, 4) is 0 Å². The first-order valence-electron chi connectivity index (χ1n) is 9.24. The predicted octanol–water partition coefficient (Wildman–Crippen LogP) is 2.81. The van der Waals surface area contributed by atoms with Gasteiger partial charge in [0.15, 0.2) is 0 Å². The molecule has 4 aliphatic rings. The van der Waals surface area contributed by atoms with Gasteiger partial charge in [0.2, 0.25) is 0 Å². The van der Waals surface area contributed by atoms with E-state index in [-0.39, 0.29) is 23.0 Å². The molecule has 0 radical (unpaired) electrons. The molecule has 4 aliphatic carbocycles. The summed E-state index contributed by atoms with van der Waals surface area (Å²) in [6.07, 6.45) is 7.57. The maximum Gasteiger partial charge on any atom is 0.0759 e. The summed E-state index contributed by atoms with van der Waals surface area (Å²) in [5.74, 6) is 0.937. The lowest BCUT2D eigenvalue weighted by Gasteiger charge is -2.53. The van der Waals surface area contributed by atoms with Crippen LogP contribution in [-0.4, -0.2) is 33.6 Å². The van der Waals surface area contributed by atoms with Crippen LogP contribution in [0.15, 0.2) is 23.3 Å². The van der Waals surface area contributed by atoms with Gasteiger partial charge in [-0.05, 0) is 55.4 Å². The second kappa shape index (κ2) is 4.93. The minimum Gasteiger partial charge on any atom is -0.392 e. The molecule has 0 bridgehead atoms. The van der Waals surface area contributed by atoms with Gasteiger partial charge in [-0.1, -0.05) is 38.5 Å². The van der Waals surface area contributed by atoms with E-state index in [1.807, 2.05) is 6.08 Å². The molecular formula is C20H30O3. The first-order chi connectivity index (χ1) is 10.8. The van der Waals surface area contributed by atoms with Crippen LogP contribution in [0.1, 0.15) is 52.9 Å². The van der Waals surface area contributed by atoms with E-state index in [2.05, 4.69) is 26.8 Å². The van der Waals surface area contributed by atoms with Crippen molar-refractivity contribution in [3.63, 3.8) is 0 Å². The van der Waals surface area contributed by atoms with E-state index in [4.69, 9.17) is 0 Å². The molecule has 128 valence electrons. The Bertz CT molecular complexity index is 579. The molecule has 3 nitrogen and oxygen atoms in total. The van der Waals surface area contributed by atoms with Gasteiger partial charge in [-0.3, -0.25) is 0 Å². The first kappa shape index (κ1) is 15.9. The van der Waals surface area contributed by atoms with Crippen LogP contribution in [0.25, 0.3) is 0 Å². The molecule has 1 fully saturated rings. The summed E-state index contributed by atoms with van der Waals surface area (Å²) < 4.78 is 0. The molecule has 4 rings (SSSR count). The highest BCUT2D eigenvalue weighted by Gasteiger charge is 2.58. The lowest BCUT2D eigenvalue weighted by atomic mass is 9.52. The van der Waals surface area contributed by atoms with Crippen molar-refractivity contribution in [2.45, 2.75) is 71.2 Å². The fourth-order valence-corrected chi connectivity index (χ4v) is 6.34. The second-order valence-corrected chi connectivity index (χ2v) is 9.04. The van der Waals surface area contributed by atoms with Gasteiger partial charge < -0.3 is 15.3 Å². The van der Waals surface area contributed by atoms with Crippen molar-refractivity contribution in [1.29, 1.82) is 0 Å². The first-order valence-corrected chi connectivity index (χ1v) is 9.24. The van der Waals surface area contributed by atoms with Crippen LogP contribution in [0.4, 0.5) is 0 Å². The number of rotatable bonds is 0. The lowest BCUT2D eigenvalue weighted by Crippen LogP contribution is -2.48. The number of aliphatic hydroxyl groups is 3. The number of aliphatic hydroxyl groups excluding tert-OH is 3. The molecule has 0 saturated heterocycles. The third kappa shape index (κ3) is 1.99. The molecule has 8 atom stereocenters. The number of hydrogen-bond acceptors (Lipinski definition) is 3. The maximum absolute atomic E-state index is 10.9. The van der Waals surface area contributed by atoms with E-state index < -0.39 is 6.10 Å². The van der Waals surface area contributed by atoms with Crippen molar-refractivity contribution in [2.75, 3.05) is 0 Å². The summed E-state index contributed by atoms with van der Waals surface area (Å²) in [5, 5.41) is 31.6. The van der Waals surface area contributed by atoms with Gasteiger partial charge in [0, 0.05) is 10.8 Å². The Labute approximate surface area is 139 Å². The van der Waals surface area contributed by atoms with Gasteiger partial charge >= 0.3 is 0 Å². The molecule has 23 heavy (non-hydrogen) atoms. The fourth-order valence-electron chi connectivity index (χ4n) is 6.34. The van der Waals surface area contributed by atoms with Gasteiger partial charge in [0.1, 0.15) is 0 Å². The predicted molar refractivity (Wildman–Crippen MR) is 89.6 cm³/mol. The van der Waals surface area contributed by atoms with Gasteiger partial charge in [0.05, 0.1) is 18.3 Å². The van der Waals surface area contributed by atoms with E-state index >= 15 is 0 Å². The third-order valence-electron chi connectivity index (χ3n) is 7.81.